The number of likely N-dealkylation sites (tertiary alicyclic amines) is 1. The first kappa shape index (κ1) is 17.4. The molecule has 0 atom stereocenters. The first-order chi connectivity index (χ1) is 13.7. The van der Waals surface area contributed by atoms with Crippen molar-refractivity contribution in [1.82, 2.24) is 9.88 Å². The predicted molar refractivity (Wildman–Crippen MR) is 113 cm³/mol. The van der Waals surface area contributed by atoms with Crippen LogP contribution < -0.4 is 0 Å². The van der Waals surface area contributed by atoms with Gasteiger partial charge in [-0.15, -0.1) is 11.3 Å². The van der Waals surface area contributed by atoms with Crippen LogP contribution in [0.4, 0.5) is 0 Å². The highest BCUT2D eigenvalue weighted by Gasteiger charge is 2.51. The zero-order valence-corrected chi connectivity index (χ0v) is 17.4. The Balaban J connectivity index is 1.10. The van der Waals surface area contributed by atoms with Crippen molar-refractivity contribution in [1.29, 1.82) is 0 Å². The molecule has 3 nitrogen and oxygen atoms in total. The van der Waals surface area contributed by atoms with Gasteiger partial charge < -0.3 is 4.90 Å². The molecule has 1 aromatic heterocycles. The lowest BCUT2D eigenvalue weighted by atomic mass is 9.49. The smallest absolute Gasteiger partial charge is 0.223 e. The summed E-state index contributed by atoms with van der Waals surface area (Å²) in [6, 6.07) is 8.44. The normalized spacial score (nSPS) is 35.0. The van der Waals surface area contributed by atoms with Crippen molar-refractivity contribution in [2.75, 3.05) is 13.1 Å². The third-order valence-electron chi connectivity index (χ3n) is 8.20. The molecular formula is C24H30N2OS. The minimum atomic E-state index is 0.371. The molecule has 0 unspecified atom stereocenters. The zero-order chi connectivity index (χ0) is 18.7. The number of rotatable bonds is 3. The summed E-state index contributed by atoms with van der Waals surface area (Å²) in [6.07, 6.45) is 11.4. The lowest BCUT2D eigenvalue weighted by Gasteiger charge is -2.57. The van der Waals surface area contributed by atoms with E-state index in [4.69, 9.17) is 4.98 Å². The summed E-state index contributed by atoms with van der Waals surface area (Å²) in [6.45, 7) is 1.84. The number of amides is 1. The summed E-state index contributed by atoms with van der Waals surface area (Å²) in [5.41, 5.74) is 1.50. The van der Waals surface area contributed by atoms with E-state index in [0.717, 1.165) is 55.6 Å². The molecular weight excluding hydrogens is 364 g/mol. The average Bonchev–Trinajstić information content (AvgIpc) is 3.11. The number of piperidine rings is 1. The number of carbonyl (C=O) groups is 1. The van der Waals surface area contributed by atoms with E-state index in [2.05, 4.69) is 29.2 Å². The molecule has 5 aliphatic rings. The molecule has 1 saturated heterocycles. The fourth-order valence-electron chi connectivity index (χ4n) is 7.38. The number of hydrogen-bond donors (Lipinski definition) is 0. The van der Waals surface area contributed by atoms with Gasteiger partial charge in [0, 0.05) is 25.4 Å². The van der Waals surface area contributed by atoms with E-state index in [-0.39, 0.29) is 0 Å². The Morgan fingerprint density at radius 1 is 1.04 bits per heavy atom. The molecule has 1 amide bonds. The van der Waals surface area contributed by atoms with Crippen molar-refractivity contribution >= 4 is 27.5 Å². The van der Waals surface area contributed by atoms with E-state index in [0.29, 0.717) is 17.2 Å². The van der Waals surface area contributed by atoms with E-state index in [1.54, 1.807) is 0 Å². The second kappa shape index (κ2) is 6.55. The minimum Gasteiger partial charge on any atom is -0.343 e. The fraction of sp³-hybridized carbons (Fsp3) is 0.667. The van der Waals surface area contributed by atoms with Crippen LogP contribution in [0.3, 0.4) is 0 Å². The van der Waals surface area contributed by atoms with Gasteiger partial charge in [-0.3, -0.25) is 4.79 Å². The van der Waals surface area contributed by atoms with Crippen molar-refractivity contribution in [2.45, 2.75) is 63.7 Å². The number of hydrogen-bond acceptors (Lipinski definition) is 3. The Hall–Kier alpha value is -1.42. The quantitative estimate of drug-likeness (QED) is 0.678. The van der Waals surface area contributed by atoms with Gasteiger partial charge in [-0.2, -0.15) is 0 Å². The standard InChI is InChI=1S/C24H30N2OS/c27-22(15-24-12-16-9-17(13-24)11-18(10-16)14-24)26-7-5-19(6-8-26)23-25-20-3-1-2-4-21(20)28-23/h1-4,16-19H,5-15H2. The molecule has 4 saturated carbocycles. The van der Waals surface area contributed by atoms with Gasteiger partial charge in [0.1, 0.15) is 0 Å². The molecule has 1 aliphatic heterocycles. The summed E-state index contributed by atoms with van der Waals surface area (Å²) in [4.78, 5) is 20.2. The van der Waals surface area contributed by atoms with Gasteiger partial charge in [-0.25, -0.2) is 4.98 Å². The molecule has 0 radical (unpaired) electrons. The van der Waals surface area contributed by atoms with Crippen molar-refractivity contribution in [3.8, 4) is 0 Å². The lowest BCUT2D eigenvalue weighted by Crippen LogP contribution is -2.49. The Labute approximate surface area is 171 Å². The second-order valence-electron chi connectivity index (χ2n) is 10.3. The first-order valence-electron chi connectivity index (χ1n) is 11.3. The predicted octanol–water partition coefficient (Wildman–Crippen LogP) is 5.61. The monoisotopic (exact) mass is 394 g/mol. The van der Waals surface area contributed by atoms with E-state index in [1.165, 1.54) is 48.2 Å². The van der Waals surface area contributed by atoms with Gasteiger partial charge in [0.05, 0.1) is 15.2 Å². The summed E-state index contributed by atoms with van der Waals surface area (Å²) in [7, 11) is 0. The second-order valence-corrected chi connectivity index (χ2v) is 11.3. The highest BCUT2D eigenvalue weighted by atomic mass is 32.1. The van der Waals surface area contributed by atoms with E-state index < -0.39 is 0 Å². The molecule has 7 rings (SSSR count). The maximum Gasteiger partial charge on any atom is 0.223 e. The third kappa shape index (κ3) is 2.99. The van der Waals surface area contributed by atoms with Crippen molar-refractivity contribution in [3.63, 3.8) is 0 Å². The number of carbonyl (C=O) groups excluding carboxylic acids is 1. The number of benzene rings is 1. The van der Waals surface area contributed by atoms with Crippen LogP contribution in [0.1, 0.15) is 68.7 Å². The topological polar surface area (TPSA) is 33.2 Å². The summed E-state index contributed by atoms with van der Waals surface area (Å²) >= 11 is 1.84. The maximum atomic E-state index is 13.2. The number of nitrogens with zero attached hydrogens (tertiary/aromatic N) is 2. The number of aromatic nitrogens is 1. The minimum absolute atomic E-state index is 0.371. The molecule has 4 bridgehead atoms. The molecule has 0 N–H and O–H groups in total. The average molecular weight is 395 g/mol. The Morgan fingerprint density at radius 2 is 1.68 bits per heavy atom. The summed E-state index contributed by atoms with van der Waals surface area (Å²) in [5.74, 6) is 3.78. The Morgan fingerprint density at radius 3 is 2.32 bits per heavy atom. The molecule has 1 aromatic carbocycles. The van der Waals surface area contributed by atoms with Crippen LogP contribution in [-0.2, 0) is 4.79 Å². The van der Waals surface area contributed by atoms with Gasteiger partial charge in [0.15, 0.2) is 0 Å². The van der Waals surface area contributed by atoms with Crippen LogP contribution in [0, 0.1) is 23.2 Å². The molecule has 4 aliphatic carbocycles. The highest BCUT2D eigenvalue weighted by Crippen LogP contribution is 2.61. The van der Waals surface area contributed by atoms with Crippen molar-refractivity contribution in [3.05, 3.63) is 29.3 Å². The van der Waals surface area contributed by atoms with Gasteiger partial charge in [-0.05, 0) is 86.7 Å². The molecule has 0 spiro atoms. The molecule has 28 heavy (non-hydrogen) atoms. The van der Waals surface area contributed by atoms with Crippen LogP contribution in [-0.4, -0.2) is 28.9 Å². The summed E-state index contributed by atoms with van der Waals surface area (Å²) in [5, 5.41) is 1.27. The van der Waals surface area contributed by atoms with Gasteiger partial charge in [0.2, 0.25) is 5.91 Å². The third-order valence-corrected chi connectivity index (χ3v) is 9.40. The number of fused-ring (bicyclic) bond motifs is 1. The van der Waals surface area contributed by atoms with E-state index in [1.807, 2.05) is 11.3 Å². The van der Waals surface area contributed by atoms with Gasteiger partial charge in [0.25, 0.3) is 0 Å². The molecule has 4 heteroatoms. The fourth-order valence-corrected chi connectivity index (χ4v) is 8.52. The highest BCUT2D eigenvalue weighted by molar-refractivity contribution is 7.18. The van der Waals surface area contributed by atoms with Crippen LogP contribution in [0.5, 0.6) is 0 Å². The van der Waals surface area contributed by atoms with Crippen molar-refractivity contribution in [2.24, 2.45) is 23.2 Å². The van der Waals surface area contributed by atoms with Crippen molar-refractivity contribution < 1.29 is 4.79 Å². The van der Waals surface area contributed by atoms with Crippen LogP contribution in [0.15, 0.2) is 24.3 Å². The SMILES string of the molecule is O=C(CC12CC3CC(CC(C3)C1)C2)N1CCC(c2nc3ccccc3s2)CC1. The Kier molecular flexibility index (Phi) is 4.08. The lowest BCUT2D eigenvalue weighted by molar-refractivity contribution is -0.140. The van der Waals surface area contributed by atoms with Crippen LogP contribution in [0.2, 0.25) is 0 Å². The Bertz CT molecular complexity index is 827. The van der Waals surface area contributed by atoms with Crippen LogP contribution in [0.25, 0.3) is 10.2 Å². The molecule has 2 aromatic rings. The van der Waals surface area contributed by atoms with Crippen LogP contribution >= 0.6 is 11.3 Å². The maximum absolute atomic E-state index is 13.2. The summed E-state index contributed by atoms with van der Waals surface area (Å²) < 4.78 is 1.29. The number of para-hydroxylation sites is 1. The number of thiazole rings is 1. The molecule has 2 heterocycles. The largest absolute Gasteiger partial charge is 0.343 e. The van der Waals surface area contributed by atoms with Gasteiger partial charge in [-0.1, -0.05) is 12.1 Å². The first-order valence-corrected chi connectivity index (χ1v) is 12.1. The zero-order valence-electron chi connectivity index (χ0n) is 16.6. The van der Waals surface area contributed by atoms with Gasteiger partial charge >= 0.3 is 0 Å². The molecule has 148 valence electrons. The van der Waals surface area contributed by atoms with E-state index >= 15 is 0 Å². The van der Waals surface area contributed by atoms with E-state index in [9.17, 15) is 4.79 Å². The molecule has 5 fully saturated rings.